The minimum absolute atomic E-state index is 0.471. The van der Waals surface area contributed by atoms with Gasteiger partial charge >= 0.3 is 12.0 Å². The molecule has 2 rings (SSSR count). The summed E-state index contributed by atoms with van der Waals surface area (Å²) in [5.41, 5.74) is 1.02. The van der Waals surface area contributed by atoms with Crippen molar-refractivity contribution in [2.75, 3.05) is 12.4 Å². The fourth-order valence-corrected chi connectivity index (χ4v) is 1.98. The van der Waals surface area contributed by atoms with Crippen LogP contribution in [0.4, 0.5) is 5.69 Å². The number of carbonyl (C=O) groups excluding carboxylic acids is 1. The molecule has 0 aliphatic carbocycles. The molecule has 0 spiro atoms. The number of methoxy groups -OCH3 is 1. The van der Waals surface area contributed by atoms with E-state index in [9.17, 15) is 9.59 Å². The number of nitrogens with one attached hydrogen (secondary N) is 1. The van der Waals surface area contributed by atoms with Crippen molar-refractivity contribution in [2.45, 2.75) is 12.0 Å². The molecule has 2 atom stereocenters. The maximum absolute atomic E-state index is 11.8. The van der Waals surface area contributed by atoms with Crippen LogP contribution in [-0.2, 0) is 9.59 Å². The van der Waals surface area contributed by atoms with Gasteiger partial charge in [-0.3, -0.25) is 9.64 Å². The molecule has 1 heterocycles. The van der Waals surface area contributed by atoms with E-state index in [4.69, 9.17) is 16.4 Å². The molecule has 92 valence electrons. The third-order valence-corrected chi connectivity index (χ3v) is 2.84. The number of hydrogen-bond donors (Lipinski definition) is 2. The topological polar surface area (TPSA) is 80.0 Å². The zero-order valence-electron chi connectivity index (χ0n) is 9.51. The zero-order chi connectivity index (χ0) is 13.3. The van der Waals surface area contributed by atoms with Crippen molar-refractivity contribution in [3.8, 4) is 5.75 Å². The normalized spacial score (nSPS) is 18.4. The molecule has 1 amide bonds. The number of carboxylic acids is 1. The molecule has 6 nitrogen and oxygen atoms in total. The van der Waals surface area contributed by atoms with Crippen LogP contribution in [0.25, 0.3) is 4.85 Å². The number of hydrogen-bond acceptors (Lipinski definition) is 3. The first kappa shape index (κ1) is 11.9. The molecule has 1 aliphatic heterocycles. The Balaban J connectivity index is 2.49. The molecular formula is C12H10N2O4. The Morgan fingerprint density at radius 1 is 1.61 bits per heavy atom. The molecule has 0 fully saturated rings. The highest BCUT2D eigenvalue weighted by atomic mass is 16.5. The number of amides is 1. The van der Waals surface area contributed by atoms with Gasteiger partial charge in [-0.1, -0.05) is 0 Å². The molecule has 1 aromatic carbocycles. The first-order valence-electron chi connectivity index (χ1n) is 5.16. The van der Waals surface area contributed by atoms with Crippen LogP contribution in [0, 0.1) is 6.57 Å². The number of fused-ring (bicyclic) bond motifs is 1. The second-order valence-electron chi connectivity index (χ2n) is 3.83. The van der Waals surface area contributed by atoms with E-state index in [-0.39, 0.29) is 0 Å². The lowest BCUT2D eigenvalue weighted by Gasteiger charge is -2.08. The highest BCUT2D eigenvalue weighted by Gasteiger charge is 2.45. The summed E-state index contributed by atoms with van der Waals surface area (Å²) in [7, 11) is 1.48. The second kappa shape index (κ2) is 4.37. The maximum atomic E-state index is 11.8. The van der Waals surface area contributed by atoms with Crippen molar-refractivity contribution in [1.82, 2.24) is 0 Å². The van der Waals surface area contributed by atoms with Gasteiger partial charge in [0.2, 0.25) is 5.91 Å². The number of benzene rings is 1. The van der Waals surface area contributed by atoms with Crippen molar-refractivity contribution in [1.29, 1.82) is 0 Å². The molecule has 1 aliphatic rings. The Labute approximate surface area is 103 Å². The average Bonchev–Trinajstić information content (AvgIpc) is 2.66. The standard InChI is InChI=1S/C12H10N2O4/c1-13-10(12(16)17)9-7-5-6(18-2)3-4-8(7)14-11(9)15/h3-5,9-10H,2H3,(H,14,15)(H,16,17). The minimum Gasteiger partial charge on any atom is -0.497 e. The Morgan fingerprint density at radius 3 is 2.89 bits per heavy atom. The summed E-state index contributed by atoms with van der Waals surface area (Å²) in [6.07, 6.45) is 0. The summed E-state index contributed by atoms with van der Waals surface area (Å²) < 4.78 is 5.03. The lowest BCUT2D eigenvalue weighted by atomic mass is 9.93. The molecule has 0 bridgehead atoms. The minimum atomic E-state index is -1.42. The van der Waals surface area contributed by atoms with Crippen LogP contribution in [0.5, 0.6) is 5.75 Å². The van der Waals surface area contributed by atoms with Crippen LogP contribution in [0.15, 0.2) is 18.2 Å². The van der Waals surface area contributed by atoms with E-state index in [0.717, 1.165) is 0 Å². The van der Waals surface area contributed by atoms with Crippen molar-refractivity contribution in [3.63, 3.8) is 0 Å². The first-order valence-corrected chi connectivity index (χ1v) is 5.16. The van der Waals surface area contributed by atoms with Gasteiger partial charge in [0.1, 0.15) is 5.75 Å². The third-order valence-electron chi connectivity index (χ3n) is 2.84. The van der Waals surface area contributed by atoms with Crippen molar-refractivity contribution in [2.24, 2.45) is 0 Å². The van der Waals surface area contributed by atoms with Crippen molar-refractivity contribution >= 4 is 17.6 Å². The Hall–Kier alpha value is -2.55. The van der Waals surface area contributed by atoms with E-state index >= 15 is 0 Å². The van der Waals surface area contributed by atoms with Crippen LogP contribution in [0.3, 0.4) is 0 Å². The van der Waals surface area contributed by atoms with E-state index < -0.39 is 23.8 Å². The summed E-state index contributed by atoms with van der Waals surface area (Å²) in [4.78, 5) is 25.8. The van der Waals surface area contributed by atoms with Gasteiger partial charge in [0.05, 0.1) is 7.11 Å². The monoisotopic (exact) mass is 246 g/mol. The zero-order valence-corrected chi connectivity index (χ0v) is 9.51. The Morgan fingerprint density at radius 2 is 2.33 bits per heavy atom. The summed E-state index contributed by atoms with van der Waals surface area (Å²) in [6.45, 7) is 6.92. The molecule has 0 saturated heterocycles. The van der Waals surface area contributed by atoms with Crippen LogP contribution in [-0.4, -0.2) is 30.1 Å². The highest BCUT2D eigenvalue weighted by Crippen LogP contribution is 2.38. The van der Waals surface area contributed by atoms with Gasteiger partial charge in [0, 0.05) is 11.3 Å². The van der Waals surface area contributed by atoms with Crippen LogP contribution < -0.4 is 10.1 Å². The largest absolute Gasteiger partial charge is 0.497 e. The van der Waals surface area contributed by atoms with Crippen LogP contribution in [0.2, 0.25) is 0 Å². The summed E-state index contributed by atoms with van der Waals surface area (Å²) >= 11 is 0. The van der Waals surface area contributed by atoms with Crippen molar-refractivity contribution < 1.29 is 19.4 Å². The summed E-state index contributed by atoms with van der Waals surface area (Å²) in [6, 6.07) is 3.46. The molecule has 18 heavy (non-hydrogen) atoms. The predicted molar refractivity (Wildman–Crippen MR) is 62.4 cm³/mol. The van der Waals surface area contributed by atoms with Crippen molar-refractivity contribution in [3.05, 3.63) is 35.2 Å². The maximum Gasteiger partial charge on any atom is 0.389 e. The van der Waals surface area contributed by atoms with Gasteiger partial charge in [0.25, 0.3) is 0 Å². The number of aliphatic carboxylic acids is 1. The van der Waals surface area contributed by atoms with Gasteiger partial charge < -0.3 is 15.2 Å². The quantitative estimate of drug-likeness (QED) is 0.783. The molecule has 6 heteroatoms. The number of carbonyl (C=O) groups is 2. The van der Waals surface area contributed by atoms with Gasteiger partial charge in [-0.05, 0) is 18.2 Å². The predicted octanol–water partition coefficient (Wildman–Crippen LogP) is 1.10. The van der Waals surface area contributed by atoms with E-state index in [2.05, 4.69) is 10.2 Å². The van der Waals surface area contributed by atoms with E-state index in [1.54, 1.807) is 18.2 Å². The number of nitrogens with zero attached hydrogens (tertiary/aromatic N) is 1. The number of anilines is 1. The number of ether oxygens (including phenoxy) is 1. The fourth-order valence-electron chi connectivity index (χ4n) is 1.98. The third kappa shape index (κ3) is 1.76. The molecule has 0 aromatic heterocycles. The lowest BCUT2D eigenvalue weighted by Crippen LogP contribution is -2.29. The number of carboxylic acid groups (broad SMARTS) is 1. The summed E-state index contributed by atoms with van der Waals surface area (Å²) in [5, 5.41) is 11.5. The highest BCUT2D eigenvalue weighted by molar-refractivity contribution is 6.06. The molecule has 1 aromatic rings. The molecule has 2 N–H and O–H groups in total. The van der Waals surface area contributed by atoms with Gasteiger partial charge in [0.15, 0.2) is 5.92 Å². The lowest BCUT2D eigenvalue weighted by molar-refractivity contribution is -0.139. The molecular weight excluding hydrogens is 236 g/mol. The molecule has 0 saturated carbocycles. The van der Waals surface area contributed by atoms with E-state index in [1.165, 1.54) is 7.11 Å². The van der Waals surface area contributed by atoms with Gasteiger partial charge in [-0.25, -0.2) is 11.4 Å². The SMILES string of the molecule is [C-]#[N+]C(C(=O)O)C1C(=O)Nc2ccc(OC)cc21. The Kier molecular flexibility index (Phi) is 2.90. The summed E-state index contributed by atoms with van der Waals surface area (Å²) in [5.74, 6) is -2.25. The molecule has 2 unspecified atom stereocenters. The van der Waals surface area contributed by atoms with E-state index in [0.29, 0.717) is 17.0 Å². The average molecular weight is 246 g/mol. The Bertz CT molecular complexity index is 562. The van der Waals surface area contributed by atoms with Gasteiger partial charge in [-0.2, -0.15) is 0 Å². The van der Waals surface area contributed by atoms with Crippen LogP contribution in [0.1, 0.15) is 11.5 Å². The smallest absolute Gasteiger partial charge is 0.389 e. The fraction of sp³-hybridized carbons (Fsp3) is 0.250. The van der Waals surface area contributed by atoms with Gasteiger partial charge in [-0.15, -0.1) is 0 Å². The van der Waals surface area contributed by atoms with Crippen LogP contribution >= 0.6 is 0 Å². The molecule has 0 radical (unpaired) electrons. The first-order chi connectivity index (χ1) is 8.58. The number of rotatable bonds is 3. The second-order valence-corrected chi connectivity index (χ2v) is 3.83. The van der Waals surface area contributed by atoms with E-state index in [1.807, 2.05) is 0 Å².